The third kappa shape index (κ3) is 4.35. The van der Waals surface area contributed by atoms with Gasteiger partial charge in [-0.3, -0.25) is 9.59 Å². The summed E-state index contributed by atoms with van der Waals surface area (Å²) in [6, 6.07) is 0. The average Bonchev–Trinajstić information content (AvgIpc) is 2.99. The van der Waals surface area contributed by atoms with Gasteiger partial charge in [0.1, 0.15) is 24.4 Å². The monoisotopic (exact) mass is 648 g/mol. The van der Waals surface area contributed by atoms with Crippen molar-refractivity contribution in [3.8, 4) is 0 Å². The van der Waals surface area contributed by atoms with E-state index in [1.807, 2.05) is 0 Å². The Morgan fingerprint density at radius 3 is 2.20 bits per heavy atom. The molecule has 5 aliphatic carbocycles. The lowest BCUT2D eigenvalue weighted by Gasteiger charge is -2.70. The van der Waals surface area contributed by atoms with Crippen LogP contribution in [0.15, 0.2) is 11.6 Å². The molecule has 0 unspecified atom stereocenters. The molecule has 6 aliphatic rings. The van der Waals surface area contributed by atoms with Gasteiger partial charge in [0.15, 0.2) is 6.29 Å². The summed E-state index contributed by atoms with van der Waals surface area (Å²) < 4.78 is 12.1. The van der Waals surface area contributed by atoms with Crippen LogP contribution < -0.4 is 0 Å². The molecule has 4 saturated carbocycles. The van der Waals surface area contributed by atoms with Crippen molar-refractivity contribution in [1.29, 1.82) is 0 Å². The molecule has 0 radical (unpaired) electrons. The molecule has 6 N–H and O–H groups in total. The van der Waals surface area contributed by atoms with Crippen LogP contribution in [0, 0.1) is 56.7 Å². The van der Waals surface area contributed by atoms with Crippen LogP contribution in [0.3, 0.4) is 0 Å². The minimum atomic E-state index is -1.51. The fourth-order valence-electron chi connectivity index (χ4n) is 12.6. The van der Waals surface area contributed by atoms with Gasteiger partial charge >= 0.3 is 11.9 Å². The second-order valence-electron chi connectivity index (χ2n) is 17.2. The second-order valence-corrected chi connectivity index (χ2v) is 17.2. The quantitative estimate of drug-likeness (QED) is 0.189. The Kier molecular flexibility index (Phi) is 8.38. The third-order valence-corrected chi connectivity index (χ3v) is 15.3. The predicted octanol–water partition coefficient (Wildman–Crippen LogP) is 3.98. The van der Waals surface area contributed by atoms with E-state index in [2.05, 4.69) is 47.6 Å². The molecule has 0 amide bonds. The van der Waals surface area contributed by atoms with Gasteiger partial charge in [-0.05, 0) is 104 Å². The Hall–Kier alpha value is -1.56. The summed E-state index contributed by atoms with van der Waals surface area (Å²) in [6.07, 6.45) is 0.942. The molecular weight excluding hydrogens is 592 g/mol. The van der Waals surface area contributed by atoms with Crippen LogP contribution in [-0.2, 0) is 19.1 Å². The summed E-state index contributed by atoms with van der Waals surface area (Å²) in [5.41, 5.74) is -2.32. The Bertz CT molecular complexity index is 1260. The van der Waals surface area contributed by atoms with Crippen molar-refractivity contribution in [3.63, 3.8) is 0 Å². The maximum atomic E-state index is 13.8. The van der Waals surface area contributed by atoms with E-state index in [9.17, 15) is 40.2 Å². The number of carboxylic acid groups (broad SMARTS) is 2. The molecule has 260 valence electrons. The number of aliphatic hydroxyl groups excluding tert-OH is 4. The molecule has 1 saturated heterocycles. The van der Waals surface area contributed by atoms with E-state index in [1.165, 1.54) is 0 Å². The van der Waals surface area contributed by atoms with Crippen molar-refractivity contribution in [2.24, 2.45) is 56.7 Å². The highest BCUT2D eigenvalue weighted by atomic mass is 16.7. The fraction of sp³-hybridized carbons (Fsp3) is 0.889. The van der Waals surface area contributed by atoms with Gasteiger partial charge in [-0.25, -0.2) is 0 Å². The fourth-order valence-corrected chi connectivity index (χ4v) is 12.6. The van der Waals surface area contributed by atoms with Crippen LogP contribution >= 0.6 is 0 Å². The van der Waals surface area contributed by atoms with Crippen LogP contribution in [0.2, 0.25) is 0 Å². The van der Waals surface area contributed by atoms with Gasteiger partial charge in [-0.2, -0.15) is 0 Å². The molecule has 1 aliphatic heterocycles. The first-order valence-corrected chi connectivity index (χ1v) is 17.6. The van der Waals surface area contributed by atoms with Crippen LogP contribution in [-0.4, -0.2) is 86.0 Å². The topological polar surface area (TPSA) is 174 Å². The van der Waals surface area contributed by atoms with Crippen molar-refractivity contribution < 1.29 is 49.7 Å². The summed E-state index contributed by atoms with van der Waals surface area (Å²) in [5, 5.41) is 63.0. The summed E-state index contributed by atoms with van der Waals surface area (Å²) >= 11 is 0. The molecule has 10 nitrogen and oxygen atoms in total. The largest absolute Gasteiger partial charge is 0.481 e. The van der Waals surface area contributed by atoms with Crippen LogP contribution in [0.1, 0.15) is 99.3 Å². The number of hydrogen-bond donors (Lipinski definition) is 6. The number of carbonyl (C=O) groups is 2. The number of fused-ring (bicyclic) bond motifs is 7. The van der Waals surface area contributed by atoms with Gasteiger partial charge in [-0.15, -0.1) is 0 Å². The lowest BCUT2D eigenvalue weighted by molar-refractivity contribution is -0.330. The van der Waals surface area contributed by atoms with Crippen LogP contribution in [0.25, 0.3) is 0 Å². The molecule has 1 heterocycles. The first-order valence-electron chi connectivity index (χ1n) is 17.6. The van der Waals surface area contributed by atoms with Crippen molar-refractivity contribution in [2.45, 2.75) is 136 Å². The molecule has 10 heteroatoms. The number of aliphatic hydroxyl groups is 4. The summed E-state index contributed by atoms with van der Waals surface area (Å²) in [7, 11) is 0. The zero-order chi connectivity index (χ0) is 33.8. The lowest BCUT2D eigenvalue weighted by Crippen LogP contribution is -2.68. The first-order chi connectivity index (χ1) is 21.4. The highest BCUT2D eigenvalue weighted by molar-refractivity contribution is 5.84. The zero-order valence-electron chi connectivity index (χ0n) is 28.3. The average molecular weight is 649 g/mol. The van der Waals surface area contributed by atoms with E-state index in [0.717, 1.165) is 31.3 Å². The molecule has 0 aromatic heterocycles. The number of allylic oxidation sites excluding steroid dienone is 1. The number of aliphatic carboxylic acids is 2. The molecule has 15 atom stereocenters. The molecule has 0 bridgehead atoms. The Morgan fingerprint density at radius 2 is 1.57 bits per heavy atom. The minimum Gasteiger partial charge on any atom is -0.481 e. The van der Waals surface area contributed by atoms with E-state index >= 15 is 0 Å². The number of ether oxygens (including phenoxy) is 2. The molecule has 0 aromatic carbocycles. The molecule has 0 aromatic rings. The third-order valence-electron chi connectivity index (χ3n) is 15.3. The molecule has 5 fully saturated rings. The SMILES string of the molecule is C[C@H]1[C@H](C)CC[C@]2(C(=O)O)CC[C@]3(C(=O)O)C(=CC[C@H]4[C@@]5(C)CC[C@H](O[C@H]6O[C@@H](CO)[C@H](O)[C@@H](O)[C@@H]6O)C(C)(C)[C@@H]5CC[C@]43C)[C@@H]12. The number of carboxylic acids is 2. The Morgan fingerprint density at radius 1 is 0.870 bits per heavy atom. The molecule has 6 rings (SSSR count). The highest BCUT2D eigenvalue weighted by Gasteiger charge is 2.73. The Balaban J connectivity index is 1.34. The smallest absolute Gasteiger partial charge is 0.314 e. The van der Waals surface area contributed by atoms with Gasteiger partial charge in [0.25, 0.3) is 0 Å². The van der Waals surface area contributed by atoms with Gasteiger partial charge in [-0.1, -0.05) is 53.2 Å². The maximum Gasteiger partial charge on any atom is 0.314 e. The highest BCUT2D eigenvalue weighted by Crippen LogP contribution is 2.76. The van der Waals surface area contributed by atoms with Crippen molar-refractivity contribution in [3.05, 3.63) is 11.6 Å². The second kappa shape index (κ2) is 11.2. The standard InChI is InChI=1S/C36H56O10/c1-18-9-14-35(30(41)42)15-16-36(31(43)44)20(25(35)19(18)2)7-8-23-33(5)12-11-24(32(3,4)22(33)10-13-34(23,36)6)46-29-28(40)27(39)26(38)21(17-37)45-29/h7,18-19,21-29,37-40H,8-17H2,1-6H3,(H,41,42)(H,43,44)/t18-,19+,21+,22+,23+,24+,25-,26+,27-,28+,29-,33+,34-,35+,36-/m1/s1. The Labute approximate surface area is 272 Å². The molecule has 46 heavy (non-hydrogen) atoms. The van der Waals surface area contributed by atoms with Gasteiger partial charge in [0, 0.05) is 0 Å². The molecule has 0 spiro atoms. The van der Waals surface area contributed by atoms with E-state index in [4.69, 9.17) is 9.47 Å². The van der Waals surface area contributed by atoms with Gasteiger partial charge in [0.2, 0.25) is 0 Å². The summed E-state index contributed by atoms with van der Waals surface area (Å²) in [4.78, 5) is 26.8. The van der Waals surface area contributed by atoms with E-state index in [0.29, 0.717) is 38.0 Å². The number of rotatable bonds is 5. The van der Waals surface area contributed by atoms with Crippen molar-refractivity contribution in [1.82, 2.24) is 0 Å². The first kappa shape index (κ1) is 34.3. The normalized spacial score (nSPS) is 53.1. The zero-order valence-corrected chi connectivity index (χ0v) is 28.3. The van der Waals surface area contributed by atoms with E-state index in [1.54, 1.807) is 0 Å². The summed E-state index contributed by atoms with van der Waals surface area (Å²) in [5.74, 6) is -1.24. The van der Waals surface area contributed by atoms with Crippen LogP contribution in [0.4, 0.5) is 0 Å². The maximum absolute atomic E-state index is 13.8. The molecular formula is C36H56O10. The predicted molar refractivity (Wildman–Crippen MR) is 167 cm³/mol. The van der Waals surface area contributed by atoms with Gasteiger partial charge < -0.3 is 40.1 Å². The van der Waals surface area contributed by atoms with Crippen molar-refractivity contribution in [2.75, 3.05) is 6.61 Å². The van der Waals surface area contributed by atoms with Gasteiger partial charge in [0.05, 0.1) is 23.5 Å². The van der Waals surface area contributed by atoms with Crippen LogP contribution in [0.5, 0.6) is 0 Å². The van der Waals surface area contributed by atoms with Crippen molar-refractivity contribution >= 4 is 11.9 Å². The lowest BCUT2D eigenvalue weighted by atomic mass is 9.33. The van der Waals surface area contributed by atoms with E-state index in [-0.39, 0.29) is 35.2 Å². The minimum absolute atomic E-state index is 0.0692. The van der Waals surface area contributed by atoms with E-state index < -0.39 is 70.9 Å². The summed E-state index contributed by atoms with van der Waals surface area (Å²) in [6.45, 7) is 12.6. The number of hydrogen-bond acceptors (Lipinski definition) is 8.